The lowest BCUT2D eigenvalue weighted by Crippen LogP contribution is -2.16. The fourth-order valence-electron chi connectivity index (χ4n) is 2.22. The summed E-state index contributed by atoms with van der Waals surface area (Å²) in [5, 5.41) is 12.1. The molecule has 0 spiro atoms. The van der Waals surface area contributed by atoms with Crippen LogP contribution in [-0.4, -0.2) is 26.5 Å². The maximum atomic E-state index is 12.2. The topological polar surface area (TPSA) is 85.8 Å². The number of nitrogens with two attached hydrogens (primary N) is 1. The molecule has 134 valence electrons. The van der Waals surface area contributed by atoms with Gasteiger partial charge in [0.25, 0.3) is 0 Å². The smallest absolute Gasteiger partial charge is 0.234 e. The van der Waals surface area contributed by atoms with Crippen molar-refractivity contribution in [1.82, 2.24) is 14.9 Å². The van der Waals surface area contributed by atoms with Gasteiger partial charge < -0.3 is 11.2 Å². The minimum Gasteiger partial charge on any atom is -0.335 e. The van der Waals surface area contributed by atoms with Gasteiger partial charge in [0.1, 0.15) is 0 Å². The minimum absolute atomic E-state index is 0.146. The van der Waals surface area contributed by atoms with Crippen molar-refractivity contribution in [3.05, 3.63) is 57.5 Å². The van der Waals surface area contributed by atoms with Gasteiger partial charge in [-0.3, -0.25) is 4.79 Å². The Balaban J connectivity index is 1.63. The fourth-order valence-corrected chi connectivity index (χ4v) is 3.25. The third-order valence-electron chi connectivity index (χ3n) is 3.54. The molecule has 0 saturated carbocycles. The lowest BCUT2D eigenvalue weighted by Gasteiger charge is -2.07. The van der Waals surface area contributed by atoms with E-state index in [0.717, 1.165) is 21.3 Å². The Bertz CT molecular complexity index is 945. The molecule has 3 rings (SSSR count). The highest BCUT2D eigenvalue weighted by Crippen LogP contribution is 2.24. The predicted octanol–water partition coefficient (Wildman–Crippen LogP) is 4.11. The molecule has 9 heteroatoms. The normalized spacial score (nSPS) is 10.7. The van der Waals surface area contributed by atoms with Crippen molar-refractivity contribution in [3.8, 4) is 11.4 Å². The Kier molecular flexibility index (Phi) is 5.85. The maximum Gasteiger partial charge on any atom is 0.234 e. The van der Waals surface area contributed by atoms with Crippen LogP contribution in [0.5, 0.6) is 0 Å². The number of aryl methyl sites for hydroxylation is 1. The molecule has 0 radical (unpaired) electrons. The van der Waals surface area contributed by atoms with Crippen LogP contribution in [0.4, 0.5) is 5.69 Å². The number of anilines is 1. The molecule has 0 saturated heterocycles. The molecule has 0 aliphatic carbocycles. The van der Waals surface area contributed by atoms with Gasteiger partial charge in [-0.05, 0) is 55.0 Å². The van der Waals surface area contributed by atoms with Crippen molar-refractivity contribution in [3.63, 3.8) is 0 Å². The van der Waals surface area contributed by atoms with Gasteiger partial charge in [-0.25, -0.2) is 4.68 Å². The monoisotopic (exact) mass is 451 g/mol. The van der Waals surface area contributed by atoms with Crippen molar-refractivity contribution in [2.75, 3.05) is 16.9 Å². The van der Waals surface area contributed by atoms with Gasteiger partial charge in [0.2, 0.25) is 11.1 Å². The van der Waals surface area contributed by atoms with Gasteiger partial charge in [0, 0.05) is 20.7 Å². The summed E-state index contributed by atoms with van der Waals surface area (Å²) in [6.45, 7) is 1.96. The van der Waals surface area contributed by atoms with Crippen LogP contribution in [0.3, 0.4) is 0 Å². The van der Waals surface area contributed by atoms with Crippen molar-refractivity contribution in [1.29, 1.82) is 0 Å². The number of hydrogen-bond donors (Lipinski definition) is 2. The summed E-state index contributed by atoms with van der Waals surface area (Å²) in [5.41, 5.74) is 2.59. The van der Waals surface area contributed by atoms with E-state index in [0.29, 0.717) is 16.0 Å². The minimum atomic E-state index is -0.146. The maximum absolute atomic E-state index is 12.2. The van der Waals surface area contributed by atoms with E-state index in [2.05, 4.69) is 31.4 Å². The number of nitrogen functional groups attached to an aromatic ring is 1. The molecule has 6 nitrogen and oxygen atoms in total. The van der Waals surface area contributed by atoms with Crippen LogP contribution in [0.2, 0.25) is 5.02 Å². The van der Waals surface area contributed by atoms with E-state index in [4.69, 9.17) is 17.4 Å². The highest BCUT2D eigenvalue weighted by atomic mass is 79.9. The van der Waals surface area contributed by atoms with E-state index in [1.165, 1.54) is 16.4 Å². The summed E-state index contributed by atoms with van der Waals surface area (Å²) in [7, 11) is 0. The number of carbonyl (C=O) groups excluding carboxylic acids is 1. The zero-order valence-electron chi connectivity index (χ0n) is 13.7. The first-order valence-electron chi connectivity index (χ1n) is 7.59. The number of thioether (sulfide) groups is 1. The van der Waals surface area contributed by atoms with Crippen LogP contribution in [0.25, 0.3) is 11.4 Å². The van der Waals surface area contributed by atoms with Crippen molar-refractivity contribution >= 4 is 50.9 Å². The largest absolute Gasteiger partial charge is 0.335 e. The van der Waals surface area contributed by atoms with Gasteiger partial charge in [0.15, 0.2) is 5.82 Å². The lowest BCUT2D eigenvalue weighted by atomic mass is 10.2. The van der Waals surface area contributed by atoms with E-state index < -0.39 is 0 Å². The molecule has 26 heavy (non-hydrogen) atoms. The van der Waals surface area contributed by atoms with Crippen LogP contribution in [-0.2, 0) is 4.79 Å². The van der Waals surface area contributed by atoms with Gasteiger partial charge in [-0.2, -0.15) is 0 Å². The van der Waals surface area contributed by atoms with E-state index in [9.17, 15) is 4.79 Å². The molecule has 0 aliphatic rings. The summed E-state index contributed by atoms with van der Waals surface area (Å²) in [5.74, 6) is 6.58. The highest BCUT2D eigenvalue weighted by Gasteiger charge is 2.14. The number of nitrogens with one attached hydrogen (secondary N) is 1. The molecule has 0 fully saturated rings. The molecule has 1 heterocycles. The van der Waals surface area contributed by atoms with Crippen molar-refractivity contribution < 1.29 is 4.79 Å². The molecule has 0 aliphatic heterocycles. The second kappa shape index (κ2) is 8.11. The number of nitrogens with zero attached hydrogens (tertiary/aromatic N) is 3. The van der Waals surface area contributed by atoms with Crippen molar-refractivity contribution in [2.24, 2.45) is 0 Å². The standard InChI is InChI=1S/C17H15BrClN5OS/c1-10-8-13(6-7-14(10)18)21-15(25)9-26-17-23-22-16(24(17)20)11-2-4-12(19)5-3-11/h2-8H,9,20H2,1H3,(H,21,25). The first-order chi connectivity index (χ1) is 12.4. The first kappa shape index (κ1) is 18.8. The number of benzene rings is 2. The van der Waals surface area contributed by atoms with Gasteiger partial charge in [-0.1, -0.05) is 39.3 Å². The molecule has 0 atom stereocenters. The molecule has 1 aromatic heterocycles. The third kappa shape index (κ3) is 4.38. The summed E-state index contributed by atoms with van der Waals surface area (Å²) in [6.07, 6.45) is 0. The molecule has 1 amide bonds. The second-order valence-electron chi connectivity index (χ2n) is 5.48. The number of carbonyl (C=O) groups is 1. The van der Waals surface area contributed by atoms with Crippen LogP contribution in [0, 0.1) is 6.92 Å². The molecule has 3 aromatic rings. The van der Waals surface area contributed by atoms with Crippen molar-refractivity contribution in [2.45, 2.75) is 12.1 Å². The predicted molar refractivity (Wildman–Crippen MR) is 109 cm³/mol. The Hall–Kier alpha value is -2.03. The first-order valence-corrected chi connectivity index (χ1v) is 9.75. The fraction of sp³-hybridized carbons (Fsp3) is 0.118. The quantitative estimate of drug-likeness (QED) is 0.449. The van der Waals surface area contributed by atoms with Crippen LogP contribution >= 0.6 is 39.3 Å². The number of amides is 1. The Morgan fingerprint density at radius 2 is 2.00 bits per heavy atom. The molecule has 2 aromatic carbocycles. The number of hydrogen-bond acceptors (Lipinski definition) is 5. The van der Waals surface area contributed by atoms with E-state index in [1.54, 1.807) is 12.1 Å². The number of aromatic nitrogens is 3. The van der Waals surface area contributed by atoms with Crippen LogP contribution in [0.15, 0.2) is 52.1 Å². The summed E-state index contributed by atoms with van der Waals surface area (Å²) in [6, 6.07) is 12.8. The van der Waals surface area contributed by atoms with E-state index in [-0.39, 0.29) is 11.7 Å². The van der Waals surface area contributed by atoms with Gasteiger partial charge in [-0.15, -0.1) is 10.2 Å². The lowest BCUT2D eigenvalue weighted by molar-refractivity contribution is -0.113. The van der Waals surface area contributed by atoms with Crippen LogP contribution < -0.4 is 11.2 Å². The average Bonchev–Trinajstić information content (AvgIpc) is 2.98. The molecular weight excluding hydrogens is 438 g/mol. The molecular formula is C17H15BrClN5OS. The average molecular weight is 453 g/mol. The zero-order valence-corrected chi connectivity index (χ0v) is 16.9. The van der Waals surface area contributed by atoms with E-state index in [1.807, 2.05) is 37.3 Å². The van der Waals surface area contributed by atoms with Gasteiger partial charge >= 0.3 is 0 Å². The highest BCUT2D eigenvalue weighted by molar-refractivity contribution is 9.10. The second-order valence-corrected chi connectivity index (χ2v) is 7.72. The summed E-state index contributed by atoms with van der Waals surface area (Å²) < 4.78 is 2.36. The SMILES string of the molecule is Cc1cc(NC(=O)CSc2nnc(-c3ccc(Cl)cc3)n2N)ccc1Br. The molecule has 3 N–H and O–H groups in total. The number of rotatable bonds is 5. The Labute approximate surface area is 168 Å². The molecule has 0 bridgehead atoms. The van der Waals surface area contributed by atoms with Gasteiger partial charge in [0.05, 0.1) is 5.75 Å². The number of halogens is 2. The van der Waals surface area contributed by atoms with E-state index >= 15 is 0 Å². The molecule has 0 unspecified atom stereocenters. The summed E-state index contributed by atoms with van der Waals surface area (Å²) >= 11 is 10.5. The third-order valence-corrected chi connectivity index (χ3v) is 5.63. The Morgan fingerprint density at radius 3 is 2.69 bits per heavy atom. The zero-order chi connectivity index (χ0) is 18.7. The Morgan fingerprint density at radius 1 is 1.27 bits per heavy atom. The van der Waals surface area contributed by atoms with Crippen LogP contribution in [0.1, 0.15) is 5.56 Å². The summed E-state index contributed by atoms with van der Waals surface area (Å²) in [4.78, 5) is 12.2.